The molecule has 1 unspecified atom stereocenters. The third kappa shape index (κ3) is 2.93. The Labute approximate surface area is 113 Å². The van der Waals surface area contributed by atoms with Crippen LogP contribution in [-0.4, -0.2) is 36.4 Å². The van der Waals surface area contributed by atoms with Crippen molar-refractivity contribution in [2.24, 2.45) is 0 Å². The van der Waals surface area contributed by atoms with Crippen molar-refractivity contribution in [3.8, 4) is 0 Å². The molecule has 0 bridgehead atoms. The molecule has 1 rings (SSSR count). The van der Waals surface area contributed by atoms with E-state index >= 15 is 0 Å². The molecule has 5 nitrogen and oxygen atoms in total. The van der Waals surface area contributed by atoms with Crippen LogP contribution < -0.4 is 0 Å². The molecule has 0 aliphatic carbocycles. The van der Waals surface area contributed by atoms with Gasteiger partial charge in [-0.25, -0.2) is 21.6 Å². The van der Waals surface area contributed by atoms with Crippen LogP contribution in [0.4, 0.5) is 13.2 Å². The van der Waals surface area contributed by atoms with Crippen LogP contribution in [0.25, 0.3) is 0 Å². The van der Waals surface area contributed by atoms with E-state index in [0.29, 0.717) is 16.4 Å². The highest BCUT2D eigenvalue weighted by Crippen LogP contribution is 2.22. The van der Waals surface area contributed by atoms with Gasteiger partial charge in [-0.1, -0.05) is 6.92 Å². The van der Waals surface area contributed by atoms with Gasteiger partial charge in [-0.3, -0.25) is 4.79 Å². The Bertz CT molecular complexity index is 610. The number of carboxylic acids is 1. The summed E-state index contributed by atoms with van der Waals surface area (Å²) in [6.07, 6.45) is 0. The highest BCUT2D eigenvalue weighted by molar-refractivity contribution is 7.89. The number of aliphatic carboxylic acids is 1. The zero-order valence-electron chi connectivity index (χ0n) is 10.6. The Morgan fingerprint density at radius 1 is 1.30 bits per heavy atom. The summed E-state index contributed by atoms with van der Waals surface area (Å²) < 4.78 is 63.8. The molecule has 0 aliphatic rings. The fraction of sp³-hybridized carbons (Fsp3) is 0.364. The molecule has 1 aromatic rings. The zero-order chi connectivity index (χ0) is 15.7. The maximum Gasteiger partial charge on any atom is 0.321 e. The van der Waals surface area contributed by atoms with Crippen LogP contribution in [0.2, 0.25) is 0 Å². The normalized spacial score (nSPS) is 13.5. The molecule has 20 heavy (non-hydrogen) atoms. The average molecular weight is 311 g/mol. The first-order valence-electron chi connectivity index (χ1n) is 5.52. The highest BCUT2D eigenvalue weighted by atomic mass is 32.2. The van der Waals surface area contributed by atoms with Crippen LogP contribution in [-0.2, 0) is 14.8 Å². The number of carbonyl (C=O) groups is 1. The number of sulfonamides is 1. The van der Waals surface area contributed by atoms with Crippen LogP contribution in [0, 0.1) is 17.5 Å². The monoisotopic (exact) mass is 311 g/mol. The molecule has 0 radical (unpaired) electrons. The molecule has 0 saturated carbocycles. The summed E-state index contributed by atoms with van der Waals surface area (Å²) in [5, 5.41) is 8.83. The minimum absolute atomic E-state index is 0.226. The zero-order valence-corrected chi connectivity index (χ0v) is 11.4. The van der Waals surface area contributed by atoms with Crippen LogP contribution in [0.1, 0.15) is 13.8 Å². The van der Waals surface area contributed by atoms with Gasteiger partial charge in [0, 0.05) is 6.54 Å². The van der Waals surface area contributed by atoms with Gasteiger partial charge in [-0.2, -0.15) is 4.31 Å². The van der Waals surface area contributed by atoms with Crippen LogP contribution in [0.15, 0.2) is 17.0 Å². The summed E-state index contributed by atoms with van der Waals surface area (Å²) in [6, 6.07) is -0.808. The number of carboxylic acid groups (broad SMARTS) is 1. The minimum atomic E-state index is -4.45. The molecular formula is C11H12F3NO4S. The number of halogens is 3. The van der Waals surface area contributed by atoms with Gasteiger partial charge in [0.25, 0.3) is 0 Å². The van der Waals surface area contributed by atoms with Crippen molar-refractivity contribution < 1.29 is 31.5 Å². The predicted molar refractivity (Wildman–Crippen MR) is 63.0 cm³/mol. The van der Waals surface area contributed by atoms with Crippen molar-refractivity contribution in [3.05, 3.63) is 29.6 Å². The summed E-state index contributed by atoms with van der Waals surface area (Å²) in [5.41, 5.74) is 0. The highest BCUT2D eigenvalue weighted by Gasteiger charge is 2.32. The number of likely N-dealkylation sites (N-methyl/N-ethyl adjacent to an activating group) is 1. The van der Waals surface area contributed by atoms with E-state index in [4.69, 9.17) is 5.11 Å². The average Bonchev–Trinajstić information content (AvgIpc) is 2.35. The van der Waals surface area contributed by atoms with Gasteiger partial charge in [0.1, 0.15) is 6.04 Å². The quantitative estimate of drug-likeness (QED) is 0.838. The van der Waals surface area contributed by atoms with E-state index in [-0.39, 0.29) is 6.54 Å². The third-order valence-corrected chi connectivity index (χ3v) is 4.69. The Morgan fingerprint density at radius 3 is 2.10 bits per heavy atom. The topological polar surface area (TPSA) is 74.7 Å². The SMILES string of the molecule is CCN(C(C)C(=O)O)S(=O)(=O)c1cc(F)c(F)c(F)c1. The molecule has 1 N–H and O–H groups in total. The Kier molecular flexibility index (Phi) is 4.77. The number of nitrogens with zero attached hydrogens (tertiary/aromatic N) is 1. The predicted octanol–water partition coefficient (Wildman–Crippen LogP) is 1.59. The van der Waals surface area contributed by atoms with E-state index in [2.05, 4.69) is 0 Å². The van der Waals surface area contributed by atoms with E-state index in [9.17, 15) is 26.4 Å². The molecule has 112 valence electrons. The Morgan fingerprint density at radius 2 is 1.75 bits per heavy atom. The van der Waals surface area contributed by atoms with E-state index in [1.807, 2.05) is 0 Å². The molecule has 0 aliphatic heterocycles. The molecule has 0 heterocycles. The number of rotatable bonds is 5. The van der Waals surface area contributed by atoms with Crippen molar-refractivity contribution in [2.75, 3.05) is 6.54 Å². The van der Waals surface area contributed by atoms with E-state index in [1.165, 1.54) is 6.92 Å². The fourth-order valence-corrected chi connectivity index (χ4v) is 3.21. The standard InChI is InChI=1S/C11H12F3NO4S/c1-3-15(6(2)11(16)17)20(18,19)7-4-8(12)10(14)9(13)5-7/h4-6H,3H2,1-2H3,(H,16,17). The summed E-state index contributed by atoms with van der Waals surface area (Å²) in [7, 11) is -4.45. The minimum Gasteiger partial charge on any atom is -0.480 e. The summed E-state index contributed by atoms with van der Waals surface area (Å²) in [4.78, 5) is 10.0. The van der Waals surface area contributed by atoms with Crippen molar-refractivity contribution in [1.82, 2.24) is 4.31 Å². The second kappa shape index (κ2) is 5.80. The summed E-state index contributed by atoms with van der Waals surface area (Å²) in [5.74, 6) is -6.54. The first-order chi connectivity index (χ1) is 9.12. The molecule has 0 aromatic heterocycles. The van der Waals surface area contributed by atoms with E-state index in [0.717, 1.165) is 6.92 Å². The second-order valence-corrected chi connectivity index (χ2v) is 5.81. The Balaban J connectivity index is 3.38. The molecular weight excluding hydrogens is 299 g/mol. The molecule has 1 atom stereocenters. The van der Waals surface area contributed by atoms with Crippen molar-refractivity contribution in [3.63, 3.8) is 0 Å². The molecule has 9 heteroatoms. The molecule has 0 saturated heterocycles. The van der Waals surface area contributed by atoms with Gasteiger partial charge in [-0.15, -0.1) is 0 Å². The van der Waals surface area contributed by atoms with Crippen LogP contribution in [0.3, 0.4) is 0 Å². The molecule has 0 amide bonds. The van der Waals surface area contributed by atoms with E-state index < -0.39 is 44.4 Å². The van der Waals surface area contributed by atoms with Crippen LogP contribution in [0.5, 0.6) is 0 Å². The fourth-order valence-electron chi connectivity index (χ4n) is 1.59. The molecule has 0 fully saturated rings. The lowest BCUT2D eigenvalue weighted by atomic mass is 10.3. The number of hydrogen-bond donors (Lipinski definition) is 1. The van der Waals surface area contributed by atoms with Gasteiger partial charge in [-0.05, 0) is 19.1 Å². The third-order valence-electron chi connectivity index (χ3n) is 2.66. The maximum atomic E-state index is 13.1. The van der Waals surface area contributed by atoms with Gasteiger partial charge in [0.2, 0.25) is 10.0 Å². The summed E-state index contributed by atoms with van der Waals surface area (Å²) >= 11 is 0. The van der Waals surface area contributed by atoms with Crippen molar-refractivity contribution in [2.45, 2.75) is 24.8 Å². The van der Waals surface area contributed by atoms with Crippen molar-refractivity contribution in [1.29, 1.82) is 0 Å². The first kappa shape index (κ1) is 16.4. The lowest BCUT2D eigenvalue weighted by molar-refractivity contribution is -0.140. The van der Waals surface area contributed by atoms with E-state index in [1.54, 1.807) is 0 Å². The lowest BCUT2D eigenvalue weighted by Gasteiger charge is -2.24. The first-order valence-corrected chi connectivity index (χ1v) is 6.96. The number of hydrogen-bond acceptors (Lipinski definition) is 3. The summed E-state index contributed by atoms with van der Waals surface area (Å²) in [6.45, 7) is 2.25. The van der Waals surface area contributed by atoms with Gasteiger partial charge < -0.3 is 5.11 Å². The Hall–Kier alpha value is -1.61. The maximum absolute atomic E-state index is 13.1. The van der Waals surface area contributed by atoms with Gasteiger partial charge >= 0.3 is 5.97 Å². The largest absolute Gasteiger partial charge is 0.480 e. The smallest absolute Gasteiger partial charge is 0.321 e. The molecule has 1 aromatic carbocycles. The molecule has 0 spiro atoms. The van der Waals surface area contributed by atoms with Gasteiger partial charge in [0.05, 0.1) is 4.90 Å². The van der Waals surface area contributed by atoms with Gasteiger partial charge in [0.15, 0.2) is 17.5 Å². The number of benzene rings is 1. The van der Waals surface area contributed by atoms with Crippen molar-refractivity contribution >= 4 is 16.0 Å². The lowest BCUT2D eigenvalue weighted by Crippen LogP contribution is -2.43. The second-order valence-electron chi connectivity index (χ2n) is 3.92. The van der Waals surface area contributed by atoms with Crippen LogP contribution >= 0.6 is 0 Å².